The molecular formula is C13H16FNOS. The number of allylic oxidation sites excluding steroid dienone is 1. The van der Waals surface area contributed by atoms with E-state index < -0.39 is 5.82 Å². The first-order valence-electron chi connectivity index (χ1n) is 5.36. The van der Waals surface area contributed by atoms with Crippen LogP contribution in [0.4, 0.5) is 10.1 Å². The lowest BCUT2D eigenvalue weighted by atomic mass is 10.1. The van der Waals surface area contributed by atoms with Crippen molar-refractivity contribution in [2.24, 2.45) is 0 Å². The molecule has 0 unspecified atom stereocenters. The quantitative estimate of drug-likeness (QED) is 0.660. The average molecular weight is 253 g/mol. The van der Waals surface area contributed by atoms with Gasteiger partial charge in [-0.15, -0.1) is 0 Å². The molecular weight excluding hydrogens is 237 g/mol. The number of aryl methyl sites for hydroxylation is 1. The standard InChI is InChI=1S/C13H16FNOS/c1-9-7-13(15)12(14)8-11(9)5-3-4-6-17-10(2)16/h3,5,7-8H,4,6,15H2,1-2H3. The van der Waals surface area contributed by atoms with Crippen LogP contribution in [0.25, 0.3) is 6.08 Å². The van der Waals surface area contributed by atoms with Gasteiger partial charge in [-0.25, -0.2) is 4.39 Å². The van der Waals surface area contributed by atoms with Crippen molar-refractivity contribution >= 4 is 28.6 Å². The van der Waals surface area contributed by atoms with Crippen LogP contribution < -0.4 is 5.73 Å². The molecule has 1 rings (SSSR count). The lowest BCUT2D eigenvalue weighted by Gasteiger charge is -2.03. The number of hydrogen-bond donors (Lipinski definition) is 1. The van der Waals surface area contributed by atoms with Crippen molar-refractivity contribution in [3.63, 3.8) is 0 Å². The first kappa shape index (κ1) is 13.8. The molecule has 0 fully saturated rings. The van der Waals surface area contributed by atoms with Crippen molar-refractivity contribution in [1.82, 2.24) is 0 Å². The Morgan fingerprint density at radius 2 is 2.24 bits per heavy atom. The Morgan fingerprint density at radius 1 is 1.53 bits per heavy atom. The molecule has 0 heterocycles. The summed E-state index contributed by atoms with van der Waals surface area (Å²) in [6, 6.07) is 3.05. The van der Waals surface area contributed by atoms with Gasteiger partial charge in [0, 0.05) is 12.7 Å². The molecule has 2 nitrogen and oxygen atoms in total. The van der Waals surface area contributed by atoms with Crippen LogP contribution in [0.1, 0.15) is 24.5 Å². The van der Waals surface area contributed by atoms with Gasteiger partial charge in [-0.05, 0) is 36.6 Å². The van der Waals surface area contributed by atoms with E-state index in [1.54, 1.807) is 13.0 Å². The van der Waals surface area contributed by atoms with Crippen LogP contribution in [-0.4, -0.2) is 10.9 Å². The minimum absolute atomic E-state index is 0.119. The summed E-state index contributed by atoms with van der Waals surface area (Å²) in [6.07, 6.45) is 4.59. The second-order valence-corrected chi connectivity index (χ2v) is 5.03. The molecule has 0 aromatic heterocycles. The molecule has 92 valence electrons. The SMILES string of the molecule is CC(=O)SCCC=Cc1cc(F)c(N)cc1C. The van der Waals surface area contributed by atoms with Gasteiger partial charge in [0.15, 0.2) is 5.12 Å². The highest BCUT2D eigenvalue weighted by Crippen LogP contribution is 2.18. The van der Waals surface area contributed by atoms with Gasteiger partial charge in [-0.3, -0.25) is 4.79 Å². The van der Waals surface area contributed by atoms with Gasteiger partial charge in [0.25, 0.3) is 0 Å². The number of thioether (sulfide) groups is 1. The topological polar surface area (TPSA) is 43.1 Å². The van der Waals surface area contributed by atoms with Gasteiger partial charge in [-0.2, -0.15) is 0 Å². The average Bonchev–Trinajstić information content (AvgIpc) is 2.24. The monoisotopic (exact) mass is 253 g/mol. The van der Waals surface area contributed by atoms with Crippen LogP contribution >= 0.6 is 11.8 Å². The molecule has 0 saturated carbocycles. The van der Waals surface area contributed by atoms with E-state index in [0.717, 1.165) is 23.3 Å². The summed E-state index contributed by atoms with van der Waals surface area (Å²) in [6.45, 7) is 3.44. The zero-order valence-corrected chi connectivity index (χ0v) is 10.8. The molecule has 0 atom stereocenters. The number of anilines is 1. The predicted molar refractivity (Wildman–Crippen MR) is 72.3 cm³/mol. The Kier molecular flexibility index (Phi) is 5.22. The largest absolute Gasteiger partial charge is 0.396 e. The maximum absolute atomic E-state index is 13.2. The van der Waals surface area contributed by atoms with Gasteiger partial charge in [0.2, 0.25) is 0 Å². The van der Waals surface area contributed by atoms with E-state index in [0.29, 0.717) is 0 Å². The highest BCUT2D eigenvalue weighted by molar-refractivity contribution is 8.13. The molecule has 1 aromatic carbocycles. The Morgan fingerprint density at radius 3 is 2.88 bits per heavy atom. The van der Waals surface area contributed by atoms with Crippen LogP contribution in [-0.2, 0) is 4.79 Å². The number of halogens is 1. The highest BCUT2D eigenvalue weighted by atomic mass is 32.2. The smallest absolute Gasteiger partial charge is 0.185 e. The molecule has 0 spiro atoms. The van der Waals surface area contributed by atoms with Crippen molar-refractivity contribution in [2.75, 3.05) is 11.5 Å². The molecule has 0 bridgehead atoms. The minimum atomic E-state index is -0.395. The van der Waals surface area contributed by atoms with Crippen LogP contribution in [0.5, 0.6) is 0 Å². The van der Waals surface area contributed by atoms with E-state index in [1.165, 1.54) is 17.8 Å². The number of benzene rings is 1. The third kappa shape index (κ3) is 4.61. The van der Waals surface area contributed by atoms with Crippen LogP contribution in [0.15, 0.2) is 18.2 Å². The fourth-order valence-electron chi connectivity index (χ4n) is 1.38. The summed E-state index contributed by atoms with van der Waals surface area (Å²) in [5.74, 6) is 0.357. The van der Waals surface area contributed by atoms with Crippen LogP contribution in [0.2, 0.25) is 0 Å². The second-order valence-electron chi connectivity index (χ2n) is 3.76. The normalized spacial score (nSPS) is 11.0. The molecule has 0 radical (unpaired) electrons. The molecule has 0 aliphatic rings. The van der Waals surface area contributed by atoms with Gasteiger partial charge in [-0.1, -0.05) is 23.9 Å². The molecule has 2 N–H and O–H groups in total. The third-order valence-corrected chi connectivity index (χ3v) is 3.12. The molecule has 0 amide bonds. The van der Waals surface area contributed by atoms with Gasteiger partial charge in [0.05, 0.1) is 5.69 Å². The maximum Gasteiger partial charge on any atom is 0.185 e. The fraction of sp³-hybridized carbons (Fsp3) is 0.308. The Hall–Kier alpha value is -1.29. The second kappa shape index (κ2) is 6.45. The summed E-state index contributed by atoms with van der Waals surface area (Å²) < 4.78 is 13.2. The Bertz CT molecular complexity index is 443. The predicted octanol–water partition coefficient (Wildman–Crippen LogP) is 3.40. The van der Waals surface area contributed by atoms with E-state index in [4.69, 9.17) is 5.73 Å². The van der Waals surface area contributed by atoms with Gasteiger partial charge < -0.3 is 5.73 Å². The number of nitrogen functional groups attached to an aromatic ring is 1. The van der Waals surface area contributed by atoms with Crippen molar-refractivity contribution in [2.45, 2.75) is 20.3 Å². The first-order valence-corrected chi connectivity index (χ1v) is 6.35. The van der Waals surface area contributed by atoms with Crippen molar-refractivity contribution in [3.05, 3.63) is 35.2 Å². The van der Waals surface area contributed by atoms with Crippen molar-refractivity contribution in [1.29, 1.82) is 0 Å². The number of carbonyl (C=O) groups is 1. The summed E-state index contributed by atoms with van der Waals surface area (Å²) in [7, 11) is 0. The highest BCUT2D eigenvalue weighted by Gasteiger charge is 2.01. The van der Waals surface area contributed by atoms with Crippen molar-refractivity contribution < 1.29 is 9.18 Å². The lowest BCUT2D eigenvalue weighted by Crippen LogP contribution is -1.93. The zero-order chi connectivity index (χ0) is 12.8. The van der Waals surface area contributed by atoms with E-state index >= 15 is 0 Å². The minimum Gasteiger partial charge on any atom is -0.396 e. The molecule has 0 aliphatic carbocycles. The fourth-order valence-corrected chi connectivity index (χ4v) is 1.92. The number of rotatable bonds is 4. The van der Waals surface area contributed by atoms with E-state index in [-0.39, 0.29) is 10.8 Å². The maximum atomic E-state index is 13.2. The number of hydrogen-bond acceptors (Lipinski definition) is 3. The first-order chi connectivity index (χ1) is 8.00. The Balaban J connectivity index is 2.59. The van der Waals surface area contributed by atoms with Gasteiger partial charge >= 0.3 is 0 Å². The summed E-state index contributed by atoms with van der Waals surface area (Å²) in [4.78, 5) is 10.7. The summed E-state index contributed by atoms with van der Waals surface area (Å²) in [5.41, 5.74) is 7.40. The molecule has 0 aliphatic heterocycles. The molecule has 1 aromatic rings. The number of carbonyl (C=O) groups excluding carboxylic acids is 1. The zero-order valence-electron chi connectivity index (χ0n) is 10.00. The van der Waals surface area contributed by atoms with Gasteiger partial charge in [0.1, 0.15) is 5.82 Å². The van der Waals surface area contributed by atoms with E-state index in [1.807, 2.05) is 19.1 Å². The molecule has 4 heteroatoms. The summed E-state index contributed by atoms with van der Waals surface area (Å²) in [5, 5.41) is 0.119. The van der Waals surface area contributed by atoms with E-state index in [2.05, 4.69) is 0 Å². The molecule has 0 saturated heterocycles. The third-order valence-electron chi connectivity index (χ3n) is 2.27. The van der Waals surface area contributed by atoms with Crippen molar-refractivity contribution in [3.8, 4) is 0 Å². The van der Waals surface area contributed by atoms with Crippen LogP contribution in [0.3, 0.4) is 0 Å². The summed E-state index contributed by atoms with van der Waals surface area (Å²) >= 11 is 1.29. The number of nitrogens with two attached hydrogens (primary N) is 1. The Labute approximate surface area is 105 Å². The van der Waals surface area contributed by atoms with Crippen LogP contribution in [0, 0.1) is 12.7 Å². The molecule has 17 heavy (non-hydrogen) atoms. The van der Waals surface area contributed by atoms with E-state index in [9.17, 15) is 9.18 Å². The lowest BCUT2D eigenvalue weighted by molar-refractivity contribution is -0.109.